The molecule has 0 spiro atoms. The SMILES string of the molecule is O=C(O)C(F)(F)F.O=c1n(Cc2ccc(-c3nnc(C(F)F)o3)cc2F)c2cc(C(F)(F)F)ccc2n1C1CCNCC1. The van der Waals surface area contributed by atoms with Gasteiger partial charge >= 0.3 is 30.4 Å². The summed E-state index contributed by atoms with van der Waals surface area (Å²) >= 11 is 0. The highest BCUT2D eigenvalue weighted by molar-refractivity contribution is 5.77. The standard InChI is InChI=1S/C23H19F6N5O2.C2HF3O2/c24-16-9-12(20-31-32-21(36-20)19(25)26)1-2-13(16)11-33-18-10-14(23(27,28)29)3-4-17(18)34(22(33)35)15-5-7-30-8-6-15;3-2(4,5)1(6)7/h1-4,9-10,15,19,30H,5-8,11H2;(H,6,7). The Morgan fingerprint density at radius 3 is 2.21 bits per heavy atom. The summed E-state index contributed by atoms with van der Waals surface area (Å²) in [4.78, 5) is 22.3. The average molecular weight is 625 g/mol. The summed E-state index contributed by atoms with van der Waals surface area (Å²) in [5.74, 6) is -4.80. The molecule has 2 aromatic carbocycles. The van der Waals surface area contributed by atoms with Crippen molar-refractivity contribution in [1.29, 1.82) is 0 Å². The van der Waals surface area contributed by atoms with Crippen LogP contribution in [-0.4, -0.2) is 49.7 Å². The molecule has 4 aromatic rings. The lowest BCUT2D eigenvalue weighted by atomic mass is 10.1. The zero-order valence-corrected chi connectivity index (χ0v) is 21.5. The van der Waals surface area contributed by atoms with Crippen molar-refractivity contribution in [2.45, 2.75) is 44.2 Å². The number of fused-ring (bicyclic) bond motifs is 1. The fourth-order valence-corrected chi connectivity index (χ4v) is 4.44. The number of nitrogens with one attached hydrogen (secondary N) is 1. The normalized spacial score (nSPS) is 14.7. The Kier molecular flexibility index (Phi) is 8.89. The van der Waals surface area contributed by atoms with E-state index in [1.807, 2.05) is 0 Å². The van der Waals surface area contributed by atoms with Gasteiger partial charge in [0.25, 0.3) is 5.89 Å². The van der Waals surface area contributed by atoms with Gasteiger partial charge in [-0.05, 0) is 56.3 Å². The largest absolute Gasteiger partial charge is 0.490 e. The molecule has 3 heterocycles. The number of imidazole rings is 1. The van der Waals surface area contributed by atoms with E-state index in [9.17, 15) is 39.9 Å². The fraction of sp³-hybridized carbons (Fsp3) is 0.360. The highest BCUT2D eigenvalue weighted by atomic mass is 19.4. The minimum atomic E-state index is -5.08. The van der Waals surface area contributed by atoms with Gasteiger partial charge < -0.3 is 14.8 Å². The third-order valence-corrected chi connectivity index (χ3v) is 6.46. The molecule has 18 heteroatoms. The number of hydrogen-bond donors (Lipinski definition) is 2. The molecular formula is C25H20F9N5O4. The van der Waals surface area contributed by atoms with Gasteiger partial charge in [0.15, 0.2) is 0 Å². The molecule has 1 saturated heterocycles. The molecule has 9 nitrogen and oxygen atoms in total. The number of carbonyl (C=O) groups is 1. The molecule has 1 aliphatic heterocycles. The Morgan fingerprint density at radius 2 is 1.67 bits per heavy atom. The van der Waals surface area contributed by atoms with Crippen LogP contribution in [0.3, 0.4) is 0 Å². The maximum Gasteiger partial charge on any atom is 0.490 e. The van der Waals surface area contributed by atoms with Crippen LogP contribution in [0, 0.1) is 5.82 Å². The van der Waals surface area contributed by atoms with Gasteiger partial charge in [-0.15, -0.1) is 10.2 Å². The van der Waals surface area contributed by atoms with Crippen molar-refractivity contribution in [2.24, 2.45) is 0 Å². The second kappa shape index (κ2) is 12.1. The molecule has 0 bridgehead atoms. The van der Waals surface area contributed by atoms with Gasteiger partial charge in [0.05, 0.1) is 23.1 Å². The van der Waals surface area contributed by atoms with Gasteiger partial charge in [0, 0.05) is 17.2 Å². The third-order valence-electron chi connectivity index (χ3n) is 6.46. The maximum absolute atomic E-state index is 15.0. The van der Waals surface area contributed by atoms with E-state index in [4.69, 9.17) is 14.3 Å². The van der Waals surface area contributed by atoms with Gasteiger partial charge in [-0.3, -0.25) is 9.13 Å². The summed E-state index contributed by atoms with van der Waals surface area (Å²) in [5, 5.41) is 17.0. The van der Waals surface area contributed by atoms with E-state index < -0.39 is 47.7 Å². The van der Waals surface area contributed by atoms with E-state index >= 15 is 4.39 Å². The predicted molar refractivity (Wildman–Crippen MR) is 130 cm³/mol. The van der Waals surface area contributed by atoms with Crippen LogP contribution < -0.4 is 11.0 Å². The Hall–Kier alpha value is -4.35. The number of carboxylic acid groups (broad SMARTS) is 1. The van der Waals surface area contributed by atoms with E-state index in [0.717, 1.165) is 22.8 Å². The number of hydrogen-bond acceptors (Lipinski definition) is 6. The number of halogens is 9. The number of aromatic nitrogens is 4. The van der Waals surface area contributed by atoms with Crippen LogP contribution in [0.15, 0.2) is 45.6 Å². The van der Waals surface area contributed by atoms with Crippen molar-refractivity contribution in [2.75, 3.05) is 13.1 Å². The van der Waals surface area contributed by atoms with Crippen molar-refractivity contribution in [1.82, 2.24) is 24.6 Å². The molecule has 0 radical (unpaired) electrons. The lowest BCUT2D eigenvalue weighted by Gasteiger charge is -2.23. The van der Waals surface area contributed by atoms with Gasteiger partial charge in [-0.2, -0.15) is 35.1 Å². The molecule has 1 aliphatic rings. The fourth-order valence-electron chi connectivity index (χ4n) is 4.44. The van der Waals surface area contributed by atoms with Gasteiger partial charge in [0.2, 0.25) is 5.89 Å². The Morgan fingerprint density at radius 1 is 1.02 bits per heavy atom. The first-order valence-electron chi connectivity index (χ1n) is 12.3. The quantitative estimate of drug-likeness (QED) is 0.280. The molecular weight excluding hydrogens is 605 g/mol. The summed E-state index contributed by atoms with van der Waals surface area (Å²) < 4.78 is 120. The van der Waals surface area contributed by atoms with Gasteiger partial charge in [-0.25, -0.2) is 14.0 Å². The van der Waals surface area contributed by atoms with E-state index in [0.29, 0.717) is 31.4 Å². The maximum atomic E-state index is 15.0. The van der Waals surface area contributed by atoms with Crippen LogP contribution in [-0.2, 0) is 17.5 Å². The first kappa shape index (κ1) is 31.6. The molecule has 1 fully saturated rings. The molecule has 0 atom stereocenters. The monoisotopic (exact) mass is 625 g/mol. The third kappa shape index (κ3) is 7.00. The molecule has 5 rings (SSSR count). The Bertz CT molecular complexity index is 1670. The number of nitrogens with zero attached hydrogens (tertiary/aromatic N) is 4. The summed E-state index contributed by atoms with van der Waals surface area (Å²) in [6, 6.07) is 6.50. The topological polar surface area (TPSA) is 115 Å². The number of alkyl halides is 8. The molecule has 232 valence electrons. The molecule has 43 heavy (non-hydrogen) atoms. The zero-order valence-electron chi connectivity index (χ0n) is 21.5. The predicted octanol–water partition coefficient (Wildman–Crippen LogP) is 5.55. The first-order chi connectivity index (χ1) is 20.1. The second-order valence-corrected chi connectivity index (χ2v) is 9.28. The summed E-state index contributed by atoms with van der Waals surface area (Å²) in [6.45, 7) is 0.972. The molecule has 0 saturated carbocycles. The highest BCUT2D eigenvalue weighted by Crippen LogP contribution is 2.33. The molecule has 0 amide bonds. The van der Waals surface area contributed by atoms with Gasteiger partial charge in [0.1, 0.15) is 5.82 Å². The minimum Gasteiger partial charge on any atom is -0.475 e. The van der Waals surface area contributed by atoms with E-state index in [1.165, 1.54) is 22.8 Å². The summed E-state index contributed by atoms with van der Waals surface area (Å²) in [6.07, 6.45) is -11.5. The summed E-state index contributed by atoms with van der Waals surface area (Å²) in [5.41, 5.74) is -1.04. The Labute approximate surface area is 234 Å². The van der Waals surface area contributed by atoms with E-state index in [1.54, 1.807) is 0 Å². The number of aliphatic carboxylic acids is 1. The lowest BCUT2D eigenvalue weighted by molar-refractivity contribution is -0.192. The van der Waals surface area contributed by atoms with Crippen molar-refractivity contribution >= 4 is 17.0 Å². The first-order valence-corrected chi connectivity index (χ1v) is 12.3. The Balaban J connectivity index is 0.000000541. The van der Waals surface area contributed by atoms with Crippen LogP contribution in [0.25, 0.3) is 22.5 Å². The molecule has 2 aromatic heterocycles. The van der Waals surface area contributed by atoms with Crippen LogP contribution in [0.2, 0.25) is 0 Å². The number of benzene rings is 2. The minimum absolute atomic E-state index is 0.0104. The van der Waals surface area contributed by atoms with Crippen LogP contribution in [0.5, 0.6) is 0 Å². The van der Waals surface area contributed by atoms with Crippen molar-refractivity contribution in [3.8, 4) is 11.5 Å². The van der Waals surface area contributed by atoms with Crippen LogP contribution in [0.1, 0.15) is 42.3 Å². The molecule has 0 unspecified atom stereocenters. The molecule has 0 aliphatic carbocycles. The number of carboxylic acids is 1. The van der Waals surface area contributed by atoms with Crippen LogP contribution in [0.4, 0.5) is 39.5 Å². The molecule has 2 N–H and O–H groups in total. The van der Waals surface area contributed by atoms with Crippen molar-refractivity contribution in [3.05, 3.63) is 69.7 Å². The number of piperidine rings is 1. The number of rotatable bonds is 5. The smallest absolute Gasteiger partial charge is 0.475 e. The van der Waals surface area contributed by atoms with E-state index in [-0.39, 0.29) is 35.1 Å². The lowest BCUT2D eigenvalue weighted by Crippen LogP contribution is -2.35. The van der Waals surface area contributed by atoms with E-state index in [2.05, 4.69) is 15.5 Å². The van der Waals surface area contributed by atoms with Crippen molar-refractivity contribution < 1.29 is 53.8 Å². The average Bonchev–Trinajstić information content (AvgIpc) is 3.53. The zero-order chi connectivity index (χ0) is 31.7. The van der Waals surface area contributed by atoms with Crippen LogP contribution >= 0.6 is 0 Å². The van der Waals surface area contributed by atoms with Crippen molar-refractivity contribution in [3.63, 3.8) is 0 Å². The highest BCUT2D eigenvalue weighted by Gasteiger charge is 2.38. The summed E-state index contributed by atoms with van der Waals surface area (Å²) in [7, 11) is 0. The second-order valence-electron chi connectivity index (χ2n) is 9.28. The van der Waals surface area contributed by atoms with Gasteiger partial charge in [-0.1, -0.05) is 6.07 Å².